The van der Waals surface area contributed by atoms with E-state index < -0.39 is 16.7 Å². The molecule has 2 unspecified atom stereocenters. The van der Waals surface area contributed by atoms with Crippen LogP contribution in [0.4, 0.5) is 0 Å². The fraction of sp³-hybridized carbons (Fsp3) is 0.609. The van der Waals surface area contributed by atoms with Gasteiger partial charge in [-0.25, -0.2) is 5.06 Å². The zero-order chi connectivity index (χ0) is 23.0. The number of piperidine rings is 1. The maximum absolute atomic E-state index is 13.5. The van der Waals surface area contributed by atoms with Gasteiger partial charge in [-0.05, 0) is 38.2 Å². The predicted molar refractivity (Wildman–Crippen MR) is 122 cm³/mol. The molecule has 7 nitrogen and oxygen atoms in total. The Morgan fingerprint density at radius 1 is 1.29 bits per heavy atom. The van der Waals surface area contributed by atoms with Crippen LogP contribution in [0.25, 0.3) is 0 Å². The molecule has 172 valence electrons. The third-order valence-corrected chi connectivity index (χ3v) is 7.27. The molecule has 8 heteroatoms. The van der Waals surface area contributed by atoms with Crippen LogP contribution in [-0.2, 0) is 20.1 Å². The van der Waals surface area contributed by atoms with Crippen molar-refractivity contribution in [1.82, 2.24) is 15.3 Å². The van der Waals surface area contributed by atoms with Gasteiger partial charge in [0.25, 0.3) is 0 Å². The summed E-state index contributed by atoms with van der Waals surface area (Å²) in [5, 5.41) is 12.8. The lowest BCUT2D eigenvalue weighted by Gasteiger charge is -2.39. The molecule has 0 spiro atoms. The summed E-state index contributed by atoms with van der Waals surface area (Å²) in [7, 11) is 0. The van der Waals surface area contributed by atoms with E-state index in [9.17, 15) is 19.6 Å². The van der Waals surface area contributed by atoms with Crippen LogP contribution >= 0.6 is 11.8 Å². The highest BCUT2D eigenvalue weighted by atomic mass is 32.2. The monoisotopic (exact) mass is 449 g/mol. The number of carbonyl (C=O) groups is 3. The summed E-state index contributed by atoms with van der Waals surface area (Å²) in [6.07, 6.45) is 2.18. The summed E-state index contributed by atoms with van der Waals surface area (Å²) < 4.78 is -0.561. The van der Waals surface area contributed by atoms with Gasteiger partial charge in [0, 0.05) is 23.6 Å². The minimum atomic E-state index is -0.715. The van der Waals surface area contributed by atoms with Gasteiger partial charge in [0.1, 0.15) is 6.04 Å². The molecule has 0 radical (unpaired) electrons. The van der Waals surface area contributed by atoms with E-state index in [0.29, 0.717) is 24.1 Å². The van der Waals surface area contributed by atoms with E-state index >= 15 is 0 Å². The van der Waals surface area contributed by atoms with Gasteiger partial charge in [0.05, 0.1) is 12.5 Å². The maximum Gasteiger partial charge on any atom is 0.246 e. The highest BCUT2D eigenvalue weighted by Gasteiger charge is 2.40. The van der Waals surface area contributed by atoms with Crippen molar-refractivity contribution in [3.8, 4) is 0 Å². The van der Waals surface area contributed by atoms with Crippen molar-refractivity contribution < 1.29 is 19.6 Å². The molecule has 2 rings (SSSR count). The number of thioether (sulfide) groups is 1. The van der Waals surface area contributed by atoms with Crippen molar-refractivity contribution >= 4 is 30.0 Å². The summed E-state index contributed by atoms with van der Waals surface area (Å²) in [6.45, 7) is 9.02. The standard InChI is InChI=1S/C23H35N3O4S/c1-17-10-12-25(13-11-17)22(29)20(24-21(28)18(2)14-26(30)16-27)23(3,4)31-15-19-8-6-5-7-9-19/h5-9,16-18,20,30H,10-15H2,1-4H3,(H,24,28). The molecule has 3 amide bonds. The SMILES string of the molecule is CC1CCN(C(=O)C(NC(=O)C(C)CN(O)C=O)C(C)(C)SCc2ccccc2)CC1. The van der Waals surface area contributed by atoms with Gasteiger partial charge in [0.2, 0.25) is 18.2 Å². The van der Waals surface area contributed by atoms with E-state index in [0.717, 1.165) is 24.2 Å². The van der Waals surface area contributed by atoms with E-state index in [1.54, 1.807) is 18.7 Å². The van der Waals surface area contributed by atoms with Gasteiger partial charge < -0.3 is 10.2 Å². The fourth-order valence-corrected chi connectivity index (χ4v) is 4.62. The molecule has 1 aliphatic heterocycles. The van der Waals surface area contributed by atoms with Gasteiger partial charge in [-0.15, -0.1) is 11.8 Å². The number of amides is 3. The van der Waals surface area contributed by atoms with Crippen molar-refractivity contribution in [3.63, 3.8) is 0 Å². The van der Waals surface area contributed by atoms with E-state index in [1.807, 2.05) is 49.1 Å². The molecule has 2 N–H and O–H groups in total. The summed E-state index contributed by atoms with van der Waals surface area (Å²) in [5.41, 5.74) is 1.15. The zero-order valence-corrected chi connectivity index (χ0v) is 19.7. The van der Waals surface area contributed by atoms with Crippen molar-refractivity contribution in [1.29, 1.82) is 0 Å². The molecule has 1 heterocycles. The molecular formula is C23H35N3O4S. The van der Waals surface area contributed by atoms with Crippen LogP contribution in [-0.4, -0.2) is 63.8 Å². The normalized spacial score (nSPS) is 17.0. The average Bonchev–Trinajstić information content (AvgIpc) is 2.76. The molecule has 0 saturated carbocycles. The van der Waals surface area contributed by atoms with Gasteiger partial charge in [-0.2, -0.15) is 0 Å². The van der Waals surface area contributed by atoms with E-state index in [-0.39, 0.29) is 24.8 Å². The number of benzene rings is 1. The molecule has 31 heavy (non-hydrogen) atoms. The highest BCUT2D eigenvalue weighted by Crippen LogP contribution is 2.33. The molecule has 1 saturated heterocycles. The van der Waals surface area contributed by atoms with Gasteiger partial charge in [0.15, 0.2) is 0 Å². The Labute approximate surface area is 189 Å². The van der Waals surface area contributed by atoms with Crippen LogP contribution in [0.15, 0.2) is 30.3 Å². The average molecular weight is 450 g/mol. The topological polar surface area (TPSA) is 90.0 Å². The predicted octanol–water partition coefficient (Wildman–Crippen LogP) is 2.93. The van der Waals surface area contributed by atoms with Gasteiger partial charge in [-0.1, -0.05) is 44.2 Å². The number of hydrogen-bond donors (Lipinski definition) is 2. The lowest BCUT2D eigenvalue weighted by molar-refractivity contribution is -0.154. The number of rotatable bonds is 10. The Kier molecular flexibility index (Phi) is 9.37. The second-order valence-electron chi connectivity index (χ2n) is 8.96. The van der Waals surface area contributed by atoms with E-state index in [4.69, 9.17) is 0 Å². The van der Waals surface area contributed by atoms with Crippen LogP contribution in [0.5, 0.6) is 0 Å². The van der Waals surface area contributed by atoms with Crippen LogP contribution < -0.4 is 5.32 Å². The first-order valence-corrected chi connectivity index (χ1v) is 11.8. The molecule has 1 fully saturated rings. The molecule has 0 bridgehead atoms. The number of nitrogens with one attached hydrogen (secondary N) is 1. The zero-order valence-electron chi connectivity index (χ0n) is 18.9. The Bertz CT molecular complexity index is 736. The van der Waals surface area contributed by atoms with E-state index in [2.05, 4.69) is 12.2 Å². The summed E-state index contributed by atoms with van der Waals surface area (Å²) in [4.78, 5) is 38.8. The van der Waals surface area contributed by atoms with Crippen LogP contribution in [0.2, 0.25) is 0 Å². The molecule has 1 aromatic carbocycles. The molecule has 1 aliphatic rings. The summed E-state index contributed by atoms with van der Waals surface area (Å²) in [6, 6.07) is 9.31. The quantitative estimate of drug-likeness (QED) is 0.326. The maximum atomic E-state index is 13.5. The number of hydroxylamine groups is 2. The summed E-state index contributed by atoms with van der Waals surface area (Å²) >= 11 is 1.63. The van der Waals surface area contributed by atoms with E-state index in [1.165, 1.54) is 0 Å². The fourth-order valence-electron chi connectivity index (χ4n) is 3.56. The number of hydrogen-bond acceptors (Lipinski definition) is 5. The van der Waals surface area contributed by atoms with Gasteiger partial charge >= 0.3 is 0 Å². The van der Waals surface area contributed by atoms with Crippen molar-refractivity contribution in [2.45, 2.75) is 57.1 Å². The molecule has 1 aromatic rings. The first-order chi connectivity index (χ1) is 14.6. The second kappa shape index (κ2) is 11.5. The van der Waals surface area contributed by atoms with Crippen molar-refractivity contribution in [2.24, 2.45) is 11.8 Å². The second-order valence-corrected chi connectivity index (χ2v) is 10.6. The minimum Gasteiger partial charge on any atom is -0.343 e. The van der Waals surface area contributed by atoms with Crippen LogP contribution in [0.1, 0.15) is 46.1 Å². The lowest BCUT2D eigenvalue weighted by atomic mass is 9.95. The van der Waals surface area contributed by atoms with Crippen molar-refractivity contribution in [2.75, 3.05) is 19.6 Å². The number of nitrogens with zero attached hydrogens (tertiary/aromatic N) is 2. The Morgan fingerprint density at radius 2 is 1.90 bits per heavy atom. The first kappa shape index (κ1) is 25.2. The molecule has 2 atom stereocenters. The Morgan fingerprint density at radius 3 is 2.48 bits per heavy atom. The molecule has 0 aliphatic carbocycles. The Balaban J connectivity index is 2.16. The number of likely N-dealkylation sites (tertiary alicyclic amines) is 1. The molecular weight excluding hydrogens is 414 g/mol. The lowest BCUT2D eigenvalue weighted by Crippen LogP contribution is -2.59. The number of carbonyl (C=O) groups excluding carboxylic acids is 3. The first-order valence-electron chi connectivity index (χ1n) is 10.8. The molecule has 0 aromatic heterocycles. The smallest absolute Gasteiger partial charge is 0.246 e. The minimum absolute atomic E-state index is 0.0748. The third-order valence-electron chi connectivity index (χ3n) is 5.81. The van der Waals surface area contributed by atoms with Crippen LogP contribution in [0, 0.1) is 11.8 Å². The third kappa shape index (κ3) is 7.54. The summed E-state index contributed by atoms with van der Waals surface area (Å²) in [5.74, 6) is 0.223. The highest BCUT2D eigenvalue weighted by molar-refractivity contribution is 7.99. The van der Waals surface area contributed by atoms with Crippen molar-refractivity contribution in [3.05, 3.63) is 35.9 Å². The van der Waals surface area contributed by atoms with Gasteiger partial charge in [-0.3, -0.25) is 19.6 Å². The van der Waals surface area contributed by atoms with Crippen LogP contribution in [0.3, 0.4) is 0 Å². The largest absolute Gasteiger partial charge is 0.343 e. The Hall–Kier alpha value is -2.06.